The van der Waals surface area contributed by atoms with Gasteiger partial charge in [0, 0.05) is 61.3 Å². The van der Waals surface area contributed by atoms with Gasteiger partial charge in [-0.25, -0.2) is 22.2 Å². The summed E-state index contributed by atoms with van der Waals surface area (Å²) in [6.45, 7) is 9.44. The Morgan fingerprint density at radius 2 is 1.81 bits per heavy atom. The summed E-state index contributed by atoms with van der Waals surface area (Å²) in [4.78, 5) is 5.05. The molecule has 2 rings (SSSR count). The smallest absolute Gasteiger partial charge is 0.266 e. The molecule has 0 aliphatic rings. The lowest BCUT2D eigenvalue weighted by Gasteiger charge is -2.33. The molecule has 1 aromatic carbocycles. The zero-order valence-electron chi connectivity index (χ0n) is 18.5. The molecule has 1 aromatic heterocycles. The third-order valence-electron chi connectivity index (χ3n) is 4.91. The van der Waals surface area contributed by atoms with Crippen LogP contribution in [0.1, 0.15) is 27.7 Å². The third kappa shape index (κ3) is 7.30. The van der Waals surface area contributed by atoms with E-state index in [1.54, 1.807) is 0 Å². The molecule has 13 heteroatoms. The Kier molecular flexibility index (Phi) is 9.28. The molecule has 3 atom stereocenters. The van der Waals surface area contributed by atoms with Crippen LogP contribution in [-0.2, 0) is 10.0 Å². The molecule has 0 fully saturated rings. The first-order valence-corrected chi connectivity index (χ1v) is 12.4. The Hall–Kier alpha value is -1.93. The average molecular weight is 492 g/mol. The summed E-state index contributed by atoms with van der Waals surface area (Å²) in [6, 6.07) is 1.46. The first kappa shape index (κ1) is 26.3. The summed E-state index contributed by atoms with van der Waals surface area (Å²) in [6.07, 6.45) is 1.15. The lowest BCUT2D eigenvalue weighted by Crippen LogP contribution is -2.47. The van der Waals surface area contributed by atoms with Crippen LogP contribution in [0, 0.1) is 17.6 Å². The zero-order valence-corrected chi connectivity index (χ0v) is 20.2. The standard InChI is InChI=1S/C19H31F2N7O2S2/c1-11(2)28(8-12(3)22)9-14(13(4)23)7-24-17-5-16(21)18(6-15(17)20)32(29,30)27-19-25-10-26-31-19/h5-6,10-14,24H,7-9,22-23H2,1-4H3,(H,25,26,27)/t12?,13-,14?/m1/s1. The predicted octanol–water partition coefficient (Wildman–Crippen LogP) is 2.05. The van der Waals surface area contributed by atoms with Crippen LogP contribution in [0.5, 0.6) is 0 Å². The summed E-state index contributed by atoms with van der Waals surface area (Å²) < 4.78 is 59.7. The second-order valence-electron chi connectivity index (χ2n) is 8.14. The van der Waals surface area contributed by atoms with Crippen molar-refractivity contribution in [3.8, 4) is 0 Å². The second-order valence-corrected chi connectivity index (χ2v) is 10.6. The quantitative estimate of drug-likeness (QED) is 0.354. The van der Waals surface area contributed by atoms with Crippen molar-refractivity contribution < 1.29 is 17.2 Å². The Balaban J connectivity index is 2.15. The van der Waals surface area contributed by atoms with Gasteiger partial charge in [0.15, 0.2) is 0 Å². The van der Waals surface area contributed by atoms with E-state index in [1.807, 2.05) is 13.8 Å². The number of benzene rings is 1. The highest BCUT2D eigenvalue weighted by Crippen LogP contribution is 2.25. The topological polar surface area (TPSA) is 139 Å². The molecule has 0 saturated heterocycles. The van der Waals surface area contributed by atoms with Gasteiger partial charge in [0.05, 0.1) is 5.69 Å². The molecule has 0 spiro atoms. The third-order valence-corrected chi connectivity index (χ3v) is 6.98. The minimum atomic E-state index is -4.36. The van der Waals surface area contributed by atoms with E-state index in [2.05, 4.69) is 38.1 Å². The average Bonchev–Trinajstić information content (AvgIpc) is 3.17. The number of hydrogen-bond acceptors (Lipinski definition) is 9. The van der Waals surface area contributed by atoms with Crippen LogP contribution in [0.4, 0.5) is 19.6 Å². The molecule has 0 radical (unpaired) electrons. The first-order valence-electron chi connectivity index (χ1n) is 10.2. The van der Waals surface area contributed by atoms with Gasteiger partial charge < -0.3 is 16.8 Å². The molecule has 0 saturated carbocycles. The van der Waals surface area contributed by atoms with E-state index in [0.717, 1.165) is 23.9 Å². The van der Waals surface area contributed by atoms with Crippen LogP contribution in [0.15, 0.2) is 23.4 Å². The number of hydrogen-bond donors (Lipinski definition) is 4. The molecular weight excluding hydrogens is 460 g/mol. The predicted molar refractivity (Wildman–Crippen MR) is 123 cm³/mol. The van der Waals surface area contributed by atoms with E-state index in [4.69, 9.17) is 11.5 Å². The van der Waals surface area contributed by atoms with Gasteiger partial charge in [0.25, 0.3) is 10.0 Å². The monoisotopic (exact) mass is 491 g/mol. The Morgan fingerprint density at radius 3 is 2.34 bits per heavy atom. The SMILES string of the molecule is CC(N)CN(CC(CNc1cc(F)c(S(=O)(=O)Nc2ncns2)cc1F)[C@@H](C)N)C(C)C. The Bertz CT molecular complexity index is 970. The normalized spacial score (nSPS) is 15.1. The van der Waals surface area contributed by atoms with E-state index in [0.29, 0.717) is 19.2 Å². The van der Waals surface area contributed by atoms with Gasteiger partial charge in [0.2, 0.25) is 5.13 Å². The van der Waals surface area contributed by atoms with Gasteiger partial charge in [-0.2, -0.15) is 4.37 Å². The van der Waals surface area contributed by atoms with Gasteiger partial charge in [-0.1, -0.05) is 0 Å². The number of aromatic nitrogens is 2. The highest BCUT2D eigenvalue weighted by atomic mass is 32.2. The number of rotatable bonds is 12. The molecule has 2 aromatic rings. The molecule has 2 unspecified atom stereocenters. The highest BCUT2D eigenvalue weighted by Gasteiger charge is 2.25. The van der Waals surface area contributed by atoms with Crippen LogP contribution in [0.2, 0.25) is 0 Å². The van der Waals surface area contributed by atoms with E-state index >= 15 is 0 Å². The van der Waals surface area contributed by atoms with E-state index in [1.165, 1.54) is 0 Å². The van der Waals surface area contributed by atoms with Gasteiger partial charge in [0.1, 0.15) is 22.9 Å². The number of nitrogens with two attached hydrogens (primary N) is 2. The van der Waals surface area contributed by atoms with Crippen molar-refractivity contribution in [3.63, 3.8) is 0 Å². The number of sulfonamides is 1. The summed E-state index contributed by atoms with van der Waals surface area (Å²) in [7, 11) is -4.36. The van der Waals surface area contributed by atoms with Crippen LogP contribution in [0.25, 0.3) is 0 Å². The minimum absolute atomic E-state index is 0.0195. The molecule has 6 N–H and O–H groups in total. The largest absolute Gasteiger partial charge is 0.382 e. The van der Waals surface area contributed by atoms with Crippen LogP contribution in [-0.4, -0.2) is 60.4 Å². The van der Waals surface area contributed by atoms with E-state index < -0.39 is 26.6 Å². The van der Waals surface area contributed by atoms with Crippen molar-refractivity contribution in [2.24, 2.45) is 17.4 Å². The molecule has 32 heavy (non-hydrogen) atoms. The fourth-order valence-electron chi connectivity index (χ4n) is 3.08. The summed E-state index contributed by atoms with van der Waals surface area (Å²) in [5, 5.41) is 2.82. The first-order chi connectivity index (χ1) is 14.9. The maximum Gasteiger partial charge on any atom is 0.266 e. The van der Waals surface area contributed by atoms with Crippen LogP contribution in [0.3, 0.4) is 0 Å². The number of nitrogens with zero attached hydrogens (tertiary/aromatic N) is 3. The van der Waals surface area contributed by atoms with Crippen molar-refractivity contribution in [2.45, 2.75) is 50.7 Å². The van der Waals surface area contributed by atoms with Crippen LogP contribution < -0.4 is 21.5 Å². The van der Waals surface area contributed by atoms with Gasteiger partial charge in [-0.05, 0) is 33.8 Å². The molecule has 0 aliphatic heterocycles. The molecule has 180 valence electrons. The fourth-order valence-corrected chi connectivity index (χ4v) is 4.82. The van der Waals surface area contributed by atoms with Crippen molar-refractivity contribution in [2.75, 3.05) is 29.7 Å². The molecular formula is C19H31F2N7O2S2. The van der Waals surface area contributed by atoms with Gasteiger partial charge >= 0.3 is 0 Å². The van der Waals surface area contributed by atoms with Gasteiger partial charge in [-0.3, -0.25) is 9.62 Å². The molecule has 1 heterocycles. The lowest BCUT2D eigenvalue weighted by molar-refractivity contribution is 0.173. The molecule has 0 amide bonds. The lowest BCUT2D eigenvalue weighted by atomic mass is 10.00. The molecule has 0 bridgehead atoms. The van der Waals surface area contributed by atoms with Crippen molar-refractivity contribution in [3.05, 3.63) is 30.1 Å². The van der Waals surface area contributed by atoms with Gasteiger partial charge in [-0.15, -0.1) is 0 Å². The molecule has 0 aliphatic carbocycles. The fraction of sp³-hybridized carbons (Fsp3) is 0.579. The maximum atomic E-state index is 14.6. The minimum Gasteiger partial charge on any atom is -0.382 e. The van der Waals surface area contributed by atoms with Crippen molar-refractivity contribution in [1.82, 2.24) is 14.3 Å². The van der Waals surface area contributed by atoms with Crippen molar-refractivity contribution >= 4 is 32.4 Å². The van der Waals surface area contributed by atoms with E-state index in [9.17, 15) is 17.2 Å². The zero-order chi connectivity index (χ0) is 24.1. The number of anilines is 2. The number of halogens is 2. The summed E-state index contributed by atoms with van der Waals surface area (Å²) >= 11 is 0.778. The molecule has 9 nitrogen and oxygen atoms in total. The summed E-state index contributed by atoms with van der Waals surface area (Å²) in [5.41, 5.74) is 11.9. The second kappa shape index (κ2) is 11.3. The maximum absolute atomic E-state index is 14.6. The van der Waals surface area contributed by atoms with Crippen LogP contribution >= 0.6 is 11.5 Å². The highest BCUT2D eigenvalue weighted by molar-refractivity contribution is 7.93. The van der Waals surface area contributed by atoms with Crippen molar-refractivity contribution in [1.29, 1.82) is 0 Å². The van der Waals surface area contributed by atoms with E-state index in [-0.39, 0.29) is 41.4 Å². The number of nitrogens with one attached hydrogen (secondary N) is 2. The summed E-state index contributed by atoms with van der Waals surface area (Å²) in [5.74, 6) is -2.08. The Morgan fingerprint density at radius 1 is 1.12 bits per heavy atom. The Labute approximate surface area is 191 Å².